The van der Waals surface area contributed by atoms with Gasteiger partial charge in [0.1, 0.15) is 17.9 Å². The topological polar surface area (TPSA) is 110 Å². The molecule has 29 heavy (non-hydrogen) atoms. The molecule has 0 unspecified atom stereocenters. The third-order valence-corrected chi connectivity index (χ3v) is 4.63. The predicted octanol–water partition coefficient (Wildman–Crippen LogP) is 4.64. The van der Waals surface area contributed by atoms with Gasteiger partial charge in [0.2, 0.25) is 0 Å². The lowest BCUT2D eigenvalue weighted by Crippen LogP contribution is -2.05. The van der Waals surface area contributed by atoms with Gasteiger partial charge in [0.05, 0.1) is 28.0 Å². The molecule has 0 saturated carbocycles. The molecule has 1 aromatic heterocycles. The van der Waals surface area contributed by atoms with Gasteiger partial charge in [-0.05, 0) is 31.0 Å². The van der Waals surface area contributed by atoms with Crippen molar-refractivity contribution in [1.29, 1.82) is 0 Å². The van der Waals surface area contributed by atoms with E-state index in [0.717, 1.165) is 11.1 Å². The van der Waals surface area contributed by atoms with Gasteiger partial charge in [-0.25, -0.2) is 9.97 Å². The van der Waals surface area contributed by atoms with Gasteiger partial charge >= 0.3 is 5.69 Å². The van der Waals surface area contributed by atoms with E-state index in [0.29, 0.717) is 39.6 Å². The van der Waals surface area contributed by atoms with Crippen LogP contribution in [0.3, 0.4) is 0 Å². The summed E-state index contributed by atoms with van der Waals surface area (Å²) in [6.45, 7) is 5.98. The second-order valence-electron chi connectivity index (χ2n) is 6.55. The van der Waals surface area contributed by atoms with E-state index in [1.165, 1.54) is 19.5 Å². The number of hydrogen-bond donors (Lipinski definition) is 2. The van der Waals surface area contributed by atoms with E-state index in [2.05, 4.69) is 21.9 Å². The Morgan fingerprint density at radius 2 is 2.14 bits per heavy atom. The van der Waals surface area contributed by atoms with Crippen LogP contribution in [0.25, 0.3) is 10.9 Å². The number of nitrogens with zero attached hydrogens (tertiary/aromatic N) is 3. The number of hydrogen-bond acceptors (Lipinski definition) is 7. The zero-order valence-electron chi connectivity index (χ0n) is 15.9. The zero-order valence-corrected chi connectivity index (χ0v) is 16.7. The molecule has 0 spiro atoms. The molecule has 1 heterocycles. The van der Waals surface area contributed by atoms with Gasteiger partial charge < -0.3 is 15.2 Å². The molecule has 150 valence electrons. The summed E-state index contributed by atoms with van der Waals surface area (Å²) in [6, 6.07) is 6.64. The molecular formula is C20H19ClN4O4. The van der Waals surface area contributed by atoms with Gasteiger partial charge in [-0.15, -0.1) is 0 Å². The molecule has 2 N–H and O–H groups in total. The Hall–Kier alpha value is -3.39. The summed E-state index contributed by atoms with van der Waals surface area (Å²) < 4.78 is 5.14. The number of aromatic hydroxyl groups is 1. The summed E-state index contributed by atoms with van der Waals surface area (Å²) in [5.74, 6) is 0.573. The van der Waals surface area contributed by atoms with Crippen molar-refractivity contribution in [2.45, 2.75) is 19.9 Å². The normalized spacial score (nSPS) is 10.7. The first kappa shape index (κ1) is 20.3. The van der Waals surface area contributed by atoms with E-state index < -0.39 is 16.4 Å². The van der Waals surface area contributed by atoms with E-state index in [4.69, 9.17) is 16.3 Å². The summed E-state index contributed by atoms with van der Waals surface area (Å²) >= 11 is 6.16. The minimum absolute atomic E-state index is 0.258. The Bertz CT molecular complexity index is 1120. The van der Waals surface area contributed by atoms with Crippen LogP contribution in [0.2, 0.25) is 5.02 Å². The number of phenolic OH excluding ortho intramolecular Hbond substituents is 1. The molecule has 0 aliphatic rings. The van der Waals surface area contributed by atoms with Crippen LogP contribution in [-0.2, 0) is 13.0 Å². The Morgan fingerprint density at radius 1 is 1.38 bits per heavy atom. The van der Waals surface area contributed by atoms with E-state index >= 15 is 0 Å². The quantitative estimate of drug-likeness (QED) is 0.329. The molecule has 0 aliphatic heterocycles. The highest BCUT2D eigenvalue weighted by atomic mass is 35.5. The second-order valence-corrected chi connectivity index (χ2v) is 6.96. The van der Waals surface area contributed by atoms with Gasteiger partial charge in [0.25, 0.3) is 0 Å². The summed E-state index contributed by atoms with van der Waals surface area (Å²) in [5, 5.41) is 25.9. The first-order chi connectivity index (χ1) is 13.8. The van der Waals surface area contributed by atoms with Crippen molar-refractivity contribution >= 4 is 34.0 Å². The van der Waals surface area contributed by atoms with Crippen molar-refractivity contribution in [3.8, 4) is 11.5 Å². The lowest BCUT2D eigenvalue weighted by atomic mass is 10.0. The Kier molecular flexibility index (Phi) is 5.84. The second kappa shape index (κ2) is 8.32. The lowest BCUT2D eigenvalue weighted by Gasteiger charge is -2.13. The van der Waals surface area contributed by atoms with Crippen LogP contribution in [0.4, 0.5) is 11.5 Å². The van der Waals surface area contributed by atoms with Crippen LogP contribution < -0.4 is 10.1 Å². The van der Waals surface area contributed by atoms with Crippen molar-refractivity contribution in [3.63, 3.8) is 0 Å². The van der Waals surface area contributed by atoms with Crippen LogP contribution in [0.1, 0.15) is 18.1 Å². The third-order valence-electron chi connectivity index (χ3n) is 4.33. The van der Waals surface area contributed by atoms with Crippen molar-refractivity contribution in [1.82, 2.24) is 9.97 Å². The number of halogens is 1. The highest BCUT2D eigenvalue weighted by Gasteiger charge is 2.23. The molecule has 0 fully saturated rings. The maximum Gasteiger partial charge on any atom is 0.311 e. The molecule has 3 aromatic rings. The number of anilines is 1. The van der Waals surface area contributed by atoms with Crippen molar-refractivity contribution < 1.29 is 14.8 Å². The number of phenols is 1. The molecule has 2 aromatic carbocycles. The fraction of sp³-hybridized carbons (Fsp3) is 0.200. The van der Waals surface area contributed by atoms with Crippen molar-refractivity contribution in [2.24, 2.45) is 0 Å². The number of nitrogens with one attached hydrogen (secondary N) is 1. The van der Waals surface area contributed by atoms with Gasteiger partial charge in [-0.1, -0.05) is 29.8 Å². The molecule has 0 saturated heterocycles. The van der Waals surface area contributed by atoms with E-state index in [-0.39, 0.29) is 6.42 Å². The van der Waals surface area contributed by atoms with Gasteiger partial charge in [-0.3, -0.25) is 10.1 Å². The van der Waals surface area contributed by atoms with Gasteiger partial charge in [0, 0.05) is 18.2 Å². The van der Waals surface area contributed by atoms with Crippen LogP contribution in [0.15, 0.2) is 42.7 Å². The first-order valence-electron chi connectivity index (χ1n) is 8.66. The molecular weight excluding hydrogens is 396 g/mol. The highest BCUT2D eigenvalue weighted by Crippen LogP contribution is 2.38. The predicted molar refractivity (Wildman–Crippen MR) is 112 cm³/mol. The summed E-state index contributed by atoms with van der Waals surface area (Å²) in [4.78, 5) is 19.3. The van der Waals surface area contributed by atoms with Crippen LogP contribution in [0, 0.1) is 10.1 Å². The molecule has 0 atom stereocenters. The van der Waals surface area contributed by atoms with Crippen LogP contribution in [-0.4, -0.2) is 27.1 Å². The third kappa shape index (κ3) is 4.22. The Balaban J connectivity index is 2.04. The standard InChI is InChI=1S/C20H19ClN4O4/c1-11(2)6-13-18-14(8-16(19(13)26)25(27)28)20(24-10-23-18)22-9-12-4-5-17(29-3)15(21)7-12/h4-5,7-8,10,26H,1,6,9H2,2-3H3,(H,22,23,24). The molecule has 8 nitrogen and oxygen atoms in total. The Morgan fingerprint density at radius 3 is 2.76 bits per heavy atom. The Labute approximate surface area is 172 Å². The molecule has 0 aliphatic carbocycles. The molecule has 0 bridgehead atoms. The van der Waals surface area contributed by atoms with Crippen LogP contribution >= 0.6 is 11.6 Å². The smallest absolute Gasteiger partial charge is 0.311 e. The number of ether oxygens (including phenoxy) is 1. The summed E-state index contributed by atoms with van der Waals surface area (Å²) in [5.41, 5.74) is 1.99. The first-order valence-corrected chi connectivity index (χ1v) is 9.04. The molecule has 3 rings (SSSR count). The number of aromatic nitrogens is 2. The van der Waals surface area contributed by atoms with E-state index in [1.807, 2.05) is 6.07 Å². The van der Waals surface area contributed by atoms with Gasteiger partial charge in [0.15, 0.2) is 5.75 Å². The van der Waals surface area contributed by atoms with E-state index in [9.17, 15) is 15.2 Å². The zero-order chi connectivity index (χ0) is 21.1. The monoisotopic (exact) mass is 414 g/mol. The van der Waals surface area contributed by atoms with Crippen LogP contribution in [0.5, 0.6) is 11.5 Å². The molecule has 0 amide bonds. The maximum atomic E-state index is 11.4. The number of allylic oxidation sites excluding steroid dienone is 1. The number of methoxy groups -OCH3 is 1. The van der Waals surface area contributed by atoms with Gasteiger partial charge in [-0.2, -0.15) is 0 Å². The largest absolute Gasteiger partial charge is 0.502 e. The lowest BCUT2D eigenvalue weighted by molar-refractivity contribution is -0.385. The molecule has 0 radical (unpaired) electrons. The van der Waals surface area contributed by atoms with Crippen molar-refractivity contribution in [2.75, 3.05) is 12.4 Å². The highest BCUT2D eigenvalue weighted by molar-refractivity contribution is 6.32. The number of nitro groups is 1. The average Bonchev–Trinajstić information content (AvgIpc) is 2.67. The van der Waals surface area contributed by atoms with Crippen molar-refractivity contribution in [3.05, 3.63) is 69.0 Å². The molecule has 9 heteroatoms. The number of nitro benzene ring substituents is 1. The number of benzene rings is 2. The fourth-order valence-electron chi connectivity index (χ4n) is 3.00. The minimum Gasteiger partial charge on any atom is -0.502 e. The fourth-order valence-corrected chi connectivity index (χ4v) is 3.28. The maximum absolute atomic E-state index is 11.4. The number of rotatable bonds is 7. The SMILES string of the molecule is C=C(C)Cc1c(O)c([N+](=O)[O-])cc2c(NCc3ccc(OC)c(Cl)c3)ncnc12. The summed E-state index contributed by atoms with van der Waals surface area (Å²) in [7, 11) is 1.54. The summed E-state index contributed by atoms with van der Waals surface area (Å²) in [6.07, 6.45) is 1.60. The van der Waals surface area contributed by atoms with E-state index in [1.54, 1.807) is 19.1 Å². The number of fused-ring (bicyclic) bond motifs is 1. The minimum atomic E-state index is -0.628. The average molecular weight is 415 g/mol.